The Labute approximate surface area is 169 Å². The first-order chi connectivity index (χ1) is 13.3. The number of anilines is 1. The third-order valence-corrected chi connectivity index (χ3v) is 7.87. The van der Waals surface area contributed by atoms with Gasteiger partial charge in [-0.2, -0.15) is 4.31 Å². The summed E-state index contributed by atoms with van der Waals surface area (Å²) in [4.78, 5) is 15.5. The molecular weight excluding hydrogens is 374 g/mol. The Morgan fingerprint density at radius 1 is 0.964 bits per heavy atom. The van der Waals surface area contributed by atoms with Gasteiger partial charge in [-0.3, -0.25) is 4.79 Å². The summed E-state index contributed by atoms with van der Waals surface area (Å²) in [5.74, 6) is 0.109. The summed E-state index contributed by atoms with van der Waals surface area (Å²) >= 11 is 0. The summed E-state index contributed by atoms with van der Waals surface area (Å²) < 4.78 is 27.8. The number of sulfonamides is 1. The molecule has 2 aliphatic rings. The van der Waals surface area contributed by atoms with Crippen LogP contribution in [0, 0.1) is 5.92 Å². The number of amides is 1. The van der Waals surface area contributed by atoms with Crippen LogP contribution in [0.1, 0.15) is 63.2 Å². The quantitative estimate of drug-likeness (QED) is 0.786. The fraction of sp³-hybridized carbons (Fsp3) is 0.667. The fourth-order valence-corrected chi connectivity index (χ4v) is 5.34. The molecule has 0 aromatic heterocycles. The third kappa shape index (κ3) is 4.51. The van der Waals surface area contributed by atoms with Gasteiger partial charge in [-0.15, -0.1) is 0 Å². The Hall–Kier alpha value is -1.60. The number of nitrogens with one attached hydrogen (secondary N) is 1. The van der Waals surface area contributed by atoms with Gasteiger partial charge < -0.3 is 10.2 Å². The molecule has 1 unspecified atom stereocenters. The minimum Gasteiger partial charge on any atom is -0.371 e. The van der Waals surface area contributed by atoms with Crippen LogP contribution in [0.25, 0.3) is 0 Å². The Morgan fingerprint density at radius 3 is 2.18 bits per heavy atom. The molecule has 0 bridgehead atoms. The van der Waals surface area contributed by atoms with Crippen molar-refractivity contribution in [1.29, 1.82) is 0 Å². The van der Waals surface area contributed by atoms with Crippen LogP contribution in [0.5, 0.6) is 0 Å². The molecule has 1 amide bonds. The number of piperidine rings is 1. The Balaban J connectivity index is 1.96. The van der Waals surface area contributed by atoms with Crippen LogP contribution in [0.3, 0.4) is 0 Å². The fourth-order valence-electron chi connectivity index (χ4n) is 3.80. The van der Waals surface area contributed by atoms with Gasteiger partial charge in [-0.05, 0) is 56.7 Å². The van der Waals surface area contributed by atoms with E-state index in [1.54, 1.807) is 16.4 Å². The third-order valence-electron chi connectivity index (χ3n) is 5.97. The zero-order valence-corrected chi connectivity index (χ0v) is 18.1. The van der Waals surface area contributed by atoms with E-state index < -0.39 is 10.0 Å². The molecule has 3 rings (SSSR count). The predicted octanol–water partition coefficient (Wildman–Crippen LogP) is 3.24. The molecular formula is C21H33N3O3S. The van der Waals surface area contributed by atoms with Crippen LogP contribution in [0.2, 0.25) is 0 Å². The van der Waals surface area contributed by atoms with Gasteiger partial charge in [0.25, 0.3) is 5.91 Å². The van der Waals surface area contributed by atoms with E-state index >= 15 is 0 Å². The molecule has 156 valence electrons. The zero-order valence-electron chi connectivity index (χ0n) is 17.3. The number of nitrogens with zero attached hydrogens (tertiary/aromatic N) is 2. The number of hydrogen-bond donors (Lipinski definition) is 1. The first-order valence-electron chi connectivity index (χ1n) is 10.5. The molecule has 1 aromatic carbocycles. The van der Waals surface area contributed by atoms with E-state index in [9.17, 15) is 13.2 Å². The van der Waals surface area contributed by atoms with Crippen LogP contribution in [0.4, 0.5) is 5.69 Å². The molecule has 1 atom stereocenters. The average Bonchev–Trinajstić information content (AvgIpc) is 3.22. The van der Waals surface area contributed by atoms with E-state index in [2.05, 4.69) is 24.1 Å². The molecule has 1 aromatic rings. The van der Waals surface area contributed by atoms with Crippen molar-refractivity contribution >= 4 is 21.6 Å². The molecule has 0 aliphatic carbocycles. The number of hydrogen-bond acceptors (Lipinski definition) is 4. The Morgan fingerprint density at radius 2 is 1.57 bits per heavy atom. The summed E-state index contributed by atoms with van der Waals surface area (Å²) in [5.41, 5.74) is 1.30. The van der Waals surface area contributed by atoms with E-state index in [4.69, 9.17) is 0 Å². The predicted molar refractivity (Wildman–Crippen MR) is 112 cm³/mol. The lowest BCUT2D eigenvalue weighted by Crippen LogP contribution is -2.38. The number of rotatable bonds is 6. The molecule has 0 saturated carbocycles. The second kappa shape index (κ2) is 8.82. The zero-order chi connectivity index (χ0) is 20.3. The van der Waals surface area contributed by atoms with Gasteiger partial charge in [0.05, 0.1) is 10.5 Å². The average molecular weight is 408 g/mol. The number of benzene rings is 1. The molecule has 7 heteroatoms. The van der Waals surface area contributed by atoms with E-state index in [0.717, 1.165) is 50.9 Å². The standard InChI is InChI=1S/C21H33N3O3S/c1-16(2)17(3)22-21(25)19-15-18(9-10-20(19)23-11-7-8-12-23)28(26,27)24-13-5-4-6-14-24/h9-10,15-17H,4-8,11-14H2,1-3H3,(H,22,25). The Kier molecular flexibility index (Phi) is 6.65. The highest BCUT2D eigenvalue weighted by atomic mass is 32.2. The lowest BCUT2D eigenvalue weighted by atomic mass is 10.1. The van der Waals surface area contributed by atoms with Crippen molar-refractivity contribution in [1.82, 2.24) is 9.62 Å². The van der Waals surface area contributed by atoms with Gasteiger partial charge in [0.15, 0.2) is 0 Å². The first kappa shape index (κ1) is 21.1. The summed E-state index contributed by atoms with van der Waals surface area (Å²) in [7, 11) is -3.57. The van der Waals surface area contributed by atoms with Crippen molar-refractivity contribution < 1.29 is 13.2 Å². The summed E-state index contributed by atoms with van der Waals surface area (Å²) in [6.07, 6.45) is 5.05. The molecule has 2 fully saturated rings. The van der Waals surface area contributed by atoms with Crippen molar-refractivity contribution in [2.45, 2.75) is 63.8 Å². The van der Waals surface area contributed by atoms with Crippen molar-refractivity contribution in [3.8, 4) is 0 Å². The topological polar surface area (TPSA) is 69.7 Å². The van der Waals surface area contributed by atoms with Gasteiger partial charge >= 0.3 is 0 Å². The summed E-state index contributed by atoms with van der Waals surface area (Å²) in [6, 6.07) is 5.08. The summed E-state index contributed by atoms with van der Waals surface area (Å²) in [6.45, 7) is 9.01. The maximum atomic E-state index is 13.1. The second-order valence-corrected chi connectivity index (χ2v) is 10.3. The second-order valence-electron chi connectivity index (χ2n) is 8.34. The van der Waals surface area contributed by atoms with Gasteiger partial charge in [0.1, 0.15) is 0 Å². The largest absolute Gasteiger partial charge is 0.371 e. The molecule has 2 aliphatic heterocycles. The SMILES string of the molecule is CC(C)C(C)NC(=O)c1cc(S(=O)(=O)N2CCCCC2)ccc1N1CCCC1. The van der Waals surface area contributed by atoms with Crippen molar-refractivity contribution in [2.24, 2.45) is 5.92 Å². The van der Waals surface area contributed by atoms with Crippen molar-refractivity contribution in [3.05, 3.63) is 23.8 Å². The van der Waals surface area contributed by atoms with Crippen LogP contribution >= 0.6 is 0 Å². The van der Waals surface area contributed by atoms with Crippen LogP contribution in [0.15, 0.2) is 23.1 Å². The molecule has 28 heavy (non-hydrogen) atoms. The van der Waals surface area contributed by atoms with Crippen LogP contribution < -0.4 is 10.2 Å². The number of carbonyl (C=O) groups is 1. The minimum absolute atomic E-state index is 0.0151. The van der Waals surface area contributed by atoms with Crippen molar-refractivity contribution in [2.75, 3.05) is 31.1 Å². The van der Waals surface area contributed by atoms with Gasteiger partial charge in [-0.25, -0.2) is 8.42 Å². The lowest BCUT2D eigenvalue weighted by Gasteiger charge is -2.27. The Bertz CT molecular complexity index is 795. The van der Waals surface area contributed by atoms with E-state index in [-0.39, 0.29) is 16.8 Å². The minimum atomic E-state index is -3.57. The highest BCUT2D eigenvalue weighted by molar-refractivity contribution is 7.89. The monoisotopic (exact) mass is 407 g/mol. The molecule has 0 radical (unpaired) electrons. The summed E-state index contributed by atoms with van der Waals surface area (Å²) in [5, 5.41) is 3.04. The molecule has 2 saturated heterocycles. The van der Waals surface area contributed by atoms with E-state index in [1.807, 2.05) is 13.0 Å². The maximum absolute atomic E-state index is 13.1. The molecule has 1 N–H and O–H groups in total. The van der Waals surface area contributed by atoms with Crippen LogP contribution in [-0.4, -0.2) is 50.9 Å². The van der Waals surface area contributed by atoms with Gasteiger partial charge in [-0.1, -0.05) is 20.3 Å². The van der Waals surface area contributed by atoms with E-state index in [1.165, 1.54) is 0 Å². The highest BCUT2D eigenvalue weighted by Crippen LogP contribution is 2.29. The van der Waals surface area contributed by atoms with Crippen molar-refractivity contribution in [3.63, 3.8) is 0 Å². The highest BCUT2D eigenvalue weighted by Gasteiger charge is 2.29. The van der Waals surface area contributed by atoms with E-state index in [0.29, 0.717) is 24.6 Å². The molecule has 2 heterocycles. The molecule has 0 spiro atoms. The normalized spacial score (nSPS) is 19.8. The lowest BCUT2D eigenvalue weighted by molar-refractivity contribution is 0.0931. The van der Waals surface area contributed by atoms with Gasteiger partial charge in [0.2, 0.25) is 10.0 Å². The maximum Gasteiger partial charge on any atom is 0.253 e. The number of carbonyl (C=O) groups excluding carboxylic acids is 1. The molecule has 6 nitrogen and oxygen atoms in total. The van der Waals surface area contributed by atoms with Crippen LogP contribution in [-0.2, 0) is 10.0 Å². The smallest absolute Gasteiger partial charge is 0.253 e. The first-order valence-corrected chi connectivity index (χ1v) is 11.9. The van der Waals surface area contributed by atoms with Gasteiger partial charge in [0, 0.05) is 37.9 Å².